The highest BCUT2D eigenvalue weighted by Crippen LogP contribution is 2.25. The molecule has 16 heavy (non-hydrogen) atoms. The van der Waals surface area contributed by atoms with E-state index in [4.69, 9.17) is 27.6 Å². The first-order chi connectivity index (χ1) is 7.65. The van der Waals surface area contributed by atoms with Crippen molar-refractivity contribution in [3.05, 3.63) is 33.9 Å². The Hall–Kier alpha value is -0.780. The predicted octanol–water partition coefficient (Wildman–Crippen LogP) is 3.37. The minimum absolute atomic E-state index is 0.418. The van der Waals surface area contributed by atoms with Crippen LogP contribution in [-0.4, -0.2) is 15.2 Å². The fourth-order valence-electron chi connectivity index (χ4n) is 1.03. The van der Waals surface area contributed by atoms with Gasteiger partial charge in [0.05, 0.1) is 10.7 Å². The second-order valence-electron chi connectivity index (χ2n) is 2.94. The molecule has 4 nitrogen and oxygen atoms in total. The van der Waals surface area contributed by atoms with Gasteiger partial charge in [0.25, 0.3) is 5.22 Å². The lowest BCUT2D eigenvalue weighted by atomic mass is 10.4. The minimum atomic E-state index is 0.418. The first kappa shape index (κ1) is 11.7. The summed E-state index contributed by atoms with van der Waals surface area (Å²) in [6.45, 7) is 1.74. The highest BCUT2D eigenvalue weighted by molar-refractivity contribution is 7.98. The van der Waals surface area contributed by atoms with E-state index in [1.165, 1.54) is 11.8 Å². The SMILES string of the molecule is Cc1nnc(SCc2nc(Cl)ccc2Cl)o1. The molecule has 84 valence electrons. The second-order valence-corrected chi connectivity index (χ2v) is 4.66. The van der Waals surface area contributed by atoms with E-state index in [0.29, 0.717) is 32.7 Å². The Morgan fingerprint density at radius 2 is 2.12 bits per heavy atom. The summed E-state index contributed by atoms with van der Waals surface area (Å²) < 4.78 is 5.21. The third kappa shape index (κ3) is 2.87. The summed E-state index contributed by atoms with van der Waals surface area (Å²) >= 11 is 13.1. The number of aryl methyl sites for hydroxylation is 1. The smallest absolute Gasteiger partial charge is 0.276 e. The van der Waals surface area contributed by atoms with Gasteiger partial charge in [-0.2, -0.15) is 0 Å². The largest absolute Gasteiger partial charge is 0.416 e. The summed E-state index contributed by atoms with van der Waals surface area (Å²) in [7, 11) is 0. The van der Waals surface area contributed by atoms with Gasteiger partial charge in [0.2, 0.25) is 5.89 Å². The molecule has 0 N–H and O–H groups in total. The van der Waals surface area contributed by atoms with Crippen LogP contribution in [0.15, 0.2) is 21.8 Å². The first-order valence-corrected chi connectivity index (χ1v) is 6.13. The number of thioether (sulfide) groups is 1. The summed E-state index contributed by atoms with van der Waals surface area (Å²) in [4.78, 5) is 4.12. The number of rotatable bonds is 3. The molecule has 0 fully saturated rings. The molecular weight excluding hydrogens is 269 g/mol. The molecule has 0 unspecified atom stereocenters. The van der Waals surface area contributed by atoms with Crippen molar-refractivity contribution in [2.75, 3.05) is 0 Å². The molecule has 0 aromatic carbocycles. The number of halogens is 2. The normalized spacial score (nSPS) is 10.7. The Bertz CT molecular complexity index is 503. The fraction of sp³-hybridized carbons (Fsp3) is 0.222. The van der Waals surface area contributed by atoms with Crippen molar-refractivity contribution in [3.8, 4) is 0 Å². The Morgan fingerprint density at radius 1 is 1.31 bits per heavy atom. The molecule has 0 aliphatic rings. The van der Waals surface area contributed by atoms with Crippen LogP contribution in [0.25, 0.3) is 0 Å². The molecule has 2 aromatic heterocycles. The van der Waals surface area contributed by atoms with Gasteiger partial charge in [0, 0.05) is 12.7 Å². The zero-order chi connectivity index (χ0) is 11.5. The minimum Gasteiger partial charge on any atom is -0.416 e. The molecule has 0 bridgehead atoms. The average Bonchev–Trinajstić information content (AvgIpc) is 2.66. The highest BCUT2D eigenvalue weighted by Gasteiger charge is 2.07. The van der Waals surface area contributed by atoms with Gasteiger partial charge in [-0.05, 0) is 12.1 Å². The standard InChI is InChI=1S/C9H7Cl2N3OS/c1-5-13-14-9(15-5)16-4-7-6(10)2-3-8(11)12-7/h2-3H,4H2,1H3. The summed E-state index contributed by atoms with van der Waals surface area (Å²) in [6, 6.07) is 3.36. The molecule has 0 aliphatic heterocycles. The topological polar surface area (TPSA) is 51.8 Å². The van der Waals surface area contributed by atoms with Crippen molar-refractivity contribution in [3.63, 3.8) is 0 Å². The summed E-state index contributed by atoms with van der Waals surface area (Å²) in [5, 5.41) is 9.07. The average molecular weight is 276 g/mol. The lowest BCUT2D eigenvalue weighted by Crippen LogP contribution is -1.89. The van der Waals surface area contributed by atoms with Crippen LogP contribution in [0.2, 0.25) is 10.2 Å². The molecule has 0 spiro atoms. The maximum Gasteiger partial charge on any atom is 0.276 e. The zero-order valence-electron chi connectivity index (χ0n) is 8.28. The van der Waals surface area contributed by atoms with Crippen molar-refractivity contribution >= 4 is 35.0 Å². The van der Waals surface area contributed by atoms with Gasteiger partial charge in [-0.25, -0.2) is 4.98 Å². The molecule has 0 atom stereocenters. The van der Waals surface area contributed by atoms with Crippen LogP contribution in [0.1, 0.15) is 11.6 Å². The number of nitrogens with zero attached hydrogens (tertiary/aromatic N) is 3. The molecule has 2 aromatic rings. The van der Waals surface area contributed by atoms with E-state index in [1.54, 1.807) is 19.1 Å². The third-order valence-corrected chi connectivity index (χ3v) is 3.11. The molecule has 2 heterocycles. The highest BCUT2D eigenvalue weighted by atomic mass is 35.5. The molecule has 0 saturated heterocycles. The van der Waals surface area contributed by atoms with Crippen LogP contribution in [0.4, 0.5) is 0 Å². The number of hydrogen-bond acceptors (Lipinski definition) is 5. The maximum atomic E-state index is 5.97. The van der Waals surface area contributed by atoms with Crippen molar-refractivity contribution in [2.24, 2.45) is 0 Å². The zero-order valence-corrected chi connectivity index (χ0v) is 10.6. The van der Waals surface area contributed by atoms with Crippen LogP contribution in [0, 0.1) is 6.92 Å². The van der Waals surface area contributed by atoms with Crippen molar-refractivity contribution in [2.45, 2.75) is 17.9 Å². The van der Waals surface area contributed by atoms with Crippen LogP contribution in [0.5, 0.6) is 0 Å². The third-order valence-electron chi connectivity index (χ3n) is 1.72. The summed E-state index contributed by atoms with van der Waals surface area (Å²) in [5.41, 5.74) is 0.704. The van der Waals surface area contributed by atoms with Gasteiger partial charge in [0.15, 0.2) is 0 Å². The molecule has 0 aliphatic carbocycles. The number of aromatic nitrogens is 3. The Labute approximate surface area is 106 Å². The lowest BCUT2D eigenvalue weighted by Gasteiger charge is -2.01. The van der Waals surface area contributed by atoms with Gasteiger partial charge < -0.3 is 4.42 Å². The first-order valence-electron chi connectivity index (χ1n) is 4.39. The van der Waals surface area contributed by atoms with E-state index in [-0.39, 0.29) is 0 Å². The Balaban J connectivity index is 2.07. The fourth-order valence-corrected chi connectivity index (χ4v) is 2.20. The Kier molecular flexibility index (Phi) is 3.68. The molecule has 0 radical (unpaired) electrons. The van der Waals surface area contributed by atoms with Crippen molar-refractivity contribution in [1.82, 2.24) is 15.2 Å². The quantitative estimate of drug-likeness (QED) is 0.635. The van der Waals surface area contributed by atoms with Gasteiger partial charge in [-0.15, -0.1) is 10.2 Å². The van der Waals surface area contributed by atoms with E-state index in [0.717, 1.165) is 0 Å². The molecule has 0 saturated carbocycles. The second kappa shape index (κ2) is 5.03. The molecule has 7 heteroatoms. The van der Waals surface area contributed by atoms with Crippen molar-refractivity contribution < 1.29 is 4.42 Å². The van der Waals surface area contributed by atoms with Gasteiger partial charge >= 0.3 is 0 Å². The maximum absolute atomic E-state index is 5.97. The summed E-state index contributed by atoms with van der Waals surface area (Å²) in [6.07, 6.45) is 0. The molecule has 2 rings (SSSR count). The van der Waals surface area contributed by atoms with Crippen LogP contribution in [-0.2, 0) is 5.75 Å². The monoisotopic (exact) mass is 275 g/mol. The van der Waals surface area contributed by atoms with E-state index < -0.39 is 0 Å². The summed E-state index contributed by atoms with van der Waals surface area (Å²) in [5.74, 6) is 1.08. The number of pyridine rings is 1. The van der Waals surface area contributed by atoms with Crippen LogP contribution in [0.3, 0.4) is 0 Å². The lowest BCUT2D eigenvalue weighted by molar-refractivity contribution is 0.429. The molecular formula is C9H7Cl2N3OS. The van der Waals surface area contributed by atoms with E-state index in [2.05, 4.69) is 15.2 Å². The predicted molar refractivity (Wildman–Crippen MR) is 62.9 cm³/mol. The van der Waals surface area contributed by atoms with Crippen molar-refractivity contribution in [1.29, 1.82) is 0 Å². The number of hydrogen-bond donors (Lipinski definition) is 0. The van der Waals surface area contributed by atoms with Crippen LogP contribution < -0.4 is 0 Å². The molecule has 0 amide bonds. The van der Waals surface area contributed by atoms with Gasteiger partial charge in [-0.1, -0.05) is 35.0 Å². The van der Waals surface area contributed by atoms with Gasteiger partial charge in [-0.3, -0.25) is 0 Å². The van der Waals surface area contributed by atoms with Crippen LogP contribution >= 0.6 is 35.0 Å². The van der Waals surface area contributed by atoms with E-state index in [9.17, 15) is 0 Å². The van der Waals surface area contributed by atoms with Gasteiger partial charge in [0.1, 0.15) is 5.15 Å². The van der Waals surface area contributed by atoms with E-state index >= 15 is 0 Å². The van der Waals surface area contributed by atoms with E-state index in [1.807, 2.05) is 0 Å². The Morgan fingerprint density at radius 3 is 2.81 bits per heavy atom.